The molecule has 3 fully saturated rings. The number of carbonyl (C=O) groups is 2. The molecule has 1 aromatic heterocycles. The van der Waals surface area contributed by atoms with Crippen LogP contribution in [-0.4, -0.2) is 35.8 Å². The molecule has 2 saturated carbocycles. The van der Waals surface area contributed by atoms with Gasteiger partial charge in [0.2, 0.25) is 0 Å². The van der Waals surface area contributed by atoms with Crippen molar-refractivity contribution in [2.45, 2.75) is 51.7 Å². The number of rotatable bonds is 5. The highest BCUT2D eigenvalue weighted by Gasteiger charge is 2.54. The molecule has 7 atom stereocenters. The topological polar surface area (TPSA) is 77.5 Å². The van der Waals surface area contributed by atoms with E-state index >= 15 is 0 Å². The molecule has 7 heteroatoms. The Bertz CT molecular complexity index is 1130. The summed E-state index contributed by atoms with van der Waals surface area (Å²) in [4.78, 5) is 29.3. The number of hydrogen-bond donors (Lipinski definition) is 1. The number of aromatic nitrogens is 1. The number of alkyl carbamates (subject to hydrolysis) is 1. The summed E-state index contributed by atoms with van der Waals surface area (Å²) in [6, 6.07) is 10.4. The average molecular weight is 493 g/mol. The Balaban J connectivity index is 1.37. The summed E-state index contributed by atoms with van der Waals surface area (Å²) >= 11 is 0. The van der Waals surface area contributed by atoms with Gasteiger partial charge in [-0.3, -0.25) is 9.78 Å². The Morgan fingerprint density at radius 2 is 2.08 bits per heavy atom. The third-order valence-corrected chi connectivity index (χ3v) is 8.19. The predicted molar refractivity (Wildman–Crippen MR) is 134 cm³/mol. The SMILES string of the molecule is CCOC(=O)N[C@@H]1CC[C@H]2C[C@H]3C(=O)O[C@H](C)[C@H]3[C@@H](/C=C/c3ccc(-c4cccc(F)c4)cn3)C2C1. The molecule has 1 aliphatic heterocycles. The number of nitrogens with one attached hydrogen (secondary N) is 1. The van der Waals surface area contributed by atoms with Gasteiger partial charge in [-0.2, -0.15) is 0 Å². The van der Waals surface area contributed by atoms with Gasteiger partial charge in [-0.15, -0.1) is 0 Å². The van der Waals surface area contributed by atoms with Crippen molar-refractivity contribution >= 4 is 18.1 Å². The van der Waals surface area contributed by atoms with E-state index < -0.39 is 0 Å². The van der Waals surface area contributed by atoms with Gasteiger partial charge in [0, 0.05) is 23.7 Å². The zero-order valence-electron chi connectivity index (χ0n) is 20.7. The minimum atomic E-state index is -0.364. The second-order valence-corrected chi connectivity index (χ2v) is 10.3. The number of cyclic esters (lactones) is 1. The van der Waals surface area contributed by atoms with Crippen LogP contribution in [0.1, 0.15) is 45.2 Å². The summed E-state index contributed by atoms with van der Waals surface area (Å²) in [5.74, 6) is 0.592. The molecule has 2 heterocycles. The standard InChI is InChI=1S/C29H33FN2O4/c1-3-35-29(34)32-23-10-7-19-14-26-27(17(2)36-28(26)33)24(25(19)15-23)12-11-22-9-8-20(16-31-22)18-5-4-6-21(30)13-18/h4-6,8-9,11-13,16-17,19,23-27H,3,7,10,14-15H2,1-2H3,(H,32,34)/b12-11+/t17-,19+,23-,24+,25?,26-,27+/m1/s1. The van der Waals surface area contributed by atoms with Crippen molar-refractivity contribution in [3.8, 4) is 11.1 Å². The van der Waals surface area contributed by atoms with Crippen LogP contribution in [0.2, 0.25) is 0 Å². The molecule has 1 saturated heterocycles. The minimum absolute atomic E-state index is 0.0646. The molecular formula is C29H33FN2O4. The number of pyridine rings is 1. The quantitative estimate of drug-likeness (QED) is 0.548. The Morgan fingerprint density at radius 1 is 1.22 bits per heavy atom. The Morgan fingerprint density at radius 3 is 2.83 bits per heavy atom. The van der Waals surface area contributed by atoms with Crippen molar-refractivity contribution in [3.05, 3.63) is 60.2 Å². The number of esters is 1. The van der Waals surface area contributed by atoms with Crippen LogP contribution in [0.25, 0.3) is 17.2 Å². The molecule has 0 bridgehead atoms. The molecule has 36 heavy (non-hydrogen) atoms. The highest BCUT2D eigenvalue weighted by atomic mass is 19.1. The van der Waals surface area contributed by atoms with E-state index in [-0.39, 0.29) is 47.8 Å². The third-order valence-electron chi connectivity index (χ3n) is 8.19. The maximum absolute atomic E-state index is 13.6. The van der Waals surface area contributed by atoms with Gasteiger partial charge >= 0.3 is 12.1 Å². The van der Waals surface area contributed by atoms with Crippen molar-refractivity contribution in [1.29, 1.82) is 0 Å². The first-order valence-electron chi connectivity index (χ1n) is 13.0. The first-order chi connectivity index (χ1) is 17.4. The molecule has 0 radical (unpaired) electrons. The van der Waals surface area contributed by atoms with Gasteiger partial charge in [-0.25, -0.2) is 9.18 Å². The lowest BCUT2D eigenvalue weighted by Gasteiger charge is -2.47. The summed E-state index contributed by atoms with van der Waals surface area (Å²) in [6.45, 7) is 4.14. The molecule has 1 N–H and O–H groups in total. The third kappa shape index (κ3) is 5.01. The van der Waals surface area contributed by atoms with E-state index in [1.54, 1.807) is 19.2 Å². The number of halogens is 1. The molecule has 5 rings (SSSR count). The van der Waals surface area contributed by atoms with Crippen LogP contribution < -0.4 is 5.32 Å². The summed E-state index contributed by atoms with van der Waals surface area (Å²) in [5.41, 5.74) is 2.45. The highest BCUT2D eigenvalue weighted by Crippen LogP contribution is 2.53. The lowest BCUT2D eigenvalue weighted by atomic mass is 9.57. The zero-order chi connectivity index (χ0) is 25.2. The van der Waals surface area contributed by atoms with Gasteiger partial charge in [-0.1, -0.05) is 24.3 Å². The van der Waals surface area contributed by atoms with Gasteiger partial charge in [0.05, 0.1) is 18.2 Å². The van der Waals surface area contributed by atoms with Gasteiger partial charge in [0.25, 0.3) is 0 Å². The Kier molecular flexibility index (Phi) is 7.08. The minimum Gasteiger partial charge on any atom is -0.462 e. The van der Waals surface area contributed by atoms with Gasteiger partial charge in [0.15, 0.2) is 0 Å². The number of nitrogens with zero attached hydrogens (tertiary/aromatic N) is 1. The van der Waals surface area contributed by atoms with Crippen molar-refractivity contribution in [1.82, 2.24) is 10.3 Å². The number of amides is 1. The molecule has 2 aliphatic carbocycles. The lowest BCUT2D eigenvalue weighted by molar-refractivity contribution is -0.144. The second kappa shape index (κ2) is 10.4. The number of ether oxygens (including phenoxy) is 2. The first-order valence-corrected chi connectivity index (χ1v) is 13.0. The molecule has 1 unspecified atom stereocenters. The molecule has 190 valence electrons. The number of fused-ring (bicyclic) bond motifs is 2. The van der Waals surface area contributed by atoms with E-state index in [0.717, 1.165) is 42.5 Å². The Hall–Kier alpha value is -3.22. The van der Waals surface area contributed by atoms with E-state index in [9.17, 15) is 14.0 Å². The average Bonchev–Trinajstić information content (AvgIpc) is 3.15. The monoisotopic (exact) mass is 492 g/mol. The Labute approximate surface area is 211 Å². The second-order valence-electron chi connectivity index (χ2n) is 10.3. The largest absolute Gasteiger partial charge is 0.462 e. The van der Waals surface area contributed by atoms with Crippen LogP contribution in [0, 0.1) is 35.4 Å². The molecule has 1 amide bonds. The van der Waals surface area contributed by atoms with Crippen LogP contribution in [0.3, 0.4) is 0 Å². The molecule has 2 aromatic rings. The van der Waals surface area contributed by atoms with Gasteiger partial charge in [0.1, 0.15) is 11.9 Å². The van der Waals surface area contributed by atoms with E-state index in [2.05, 4.69) is 16.4 Å². The lowest BCUT2D eigenvalue weighted by Crippen LogP contribution is -2.48. The molecule has 1 aromatic carbocycles. The number of carbonyl (C=O) groups excluding carboxylic acids is 2. The fraction of sp³-hybridized carbons (Fsp3) is 0.483. The number of hydrogen-bond acceptors (Lipinski definition) is 5. The highest BCUT2D eigenvalue weighted by molar-refractivity contribution is 5.75. The van der Waals surface area contributed by atoms with Crippen LogP contribution >= 0.6 is 0 Å². The number of benzene rings is 1. The van der Waals surface area contributed by atoms with E-state index in [1.807, 2.05) is 31.2 Å². The van der Waals surface area contributed by atoms with Crippen LogP contribution in [-0.2, 0) is 14.3 Å². The zero-order valence-corrected chi connectivity index (χ0v) is 20.7. The van der Waals surface area contributed by atoms with Gasteiger partial charge < -0.3 is 14.8 Å². The molecular weight excluding hydrogens is 459 g/mol. The molecule has 6 nitrogen and oxygen atoms in total. The number of allylic oxidation sites excluding steroid dienone is 1. The predicted octanol–water partition coefficient (Wildman–Crippen LogP) is 5.63. The summed E-state index contributed by atoms with van der Waals surface area (Å²) in [6.07, 6.45) is 9.05. The van der Waals surface area contributed by atoms with Crippen LogP contribution in [0.15, 0.2) is 48.7 Å². The van der Waals surface area contributed by atoms with Gasteiger partial charge in [-0.05, 0) is 87.1 Å². The molecule has 0 spiro atoms. The van der Waals surface area contributed by atoms with Crippen molar-refractivity contribution in [2.24, 2.45) is 29.6 Å². The normalized spacial score (nSPS) is 31.4. The first kappa shape index (κ1) is 24.5. The fourth-order valence-corrected chi connectivity index (χ4v) is 6.61. The van der Waals surface area contributed by atoms with Crippen molar-refractivity contribution in [3.63, 3.8) is 0 Å². The summed E-state index contributed by atoms with van der Waals surface area (Å²) in [7, 11) is 0. The maximum Gasteiger partial charge on any atom is 0.407 e. The summed E-state index contributed by atoms with van der Waals surface area (Å²) < 4.78 is 24.4. The summed E-state index contributed by atoms with van der Waals surface area (Å²) in [5, 5.41) is 3.03. The fourth-order valence-electron chi connectivity index (χ4n) is 6.61. The van der Waals surface area contributed by atoms with E-state index in [0.29, 0.717) is 18.4 Å². The molecule has 3 aliphatic rings. The van der Waals surface area contributed by atoms with Crippen LogP contribution in [0.4, 0.5) is 9.18 Å². The van der Waals surface area contributed by atoms with E-state index in [4.69, 9.17) is 9.47 Å². The van der Waals surface area contributed by atoms with E-state index in [1.165, 1.54) is 12.1 Å². The maximum atomic E-state index is 13.6. The van der Waals surface area contributed by atoms with Crippen LogP contribution in [0.5, 0.6) is 0 Å². The van der Waals surface area contributed by atoms with Crippen molar-refractivity contribution < 1.29 is 23.5 Å². The van der Waals surface area contributed by atoms with Crippen molar-refractivity contribution in [2.75, 3.05) is 6.61 Å². The smallest absolute Gasteiger partial charge is 0.407 e.